The molecule has 2 aliphatic rings. The largest absolute Gasteiger partial charge is 0.481 e. The molecule has 9 N–H and O–H groups in total. The second-order valence-corrected chi connectivity index (χ2v) is 17.5. The van der Waals surface area contributed by atoms with Gasteiger partial charge in [-0.3, -0.25) is 43.2 Å². The normalized spacial score (nSPS) is 22.8. The lowest BCUT2D eigenvalue weighted by molar-refractivity contribution is -0.143. The molecule has 66 heavy (non-hydrogen) atoms. The number of thiophene rings is 1. The predicted octanol–water partition coefficient (Wildman–Crippen LogP) is 0.801. The van der Waals surface area contributed by atoms with Gasteiger partial charge in [0, 0.05) is 60.3 Å². The Balaban J connectivity index is 1.36. The number of carboxylic acid groups (broad SMARTS) is 2. The topological polar surface area (TPSA) is 289 Å². The maximum absolute atomic E-state index is 14.4. The van der Waals surface area contributed by atoms with Crippen LogP contribution in [0.1, 0.15) is 56.0 Å². The number of carbonyl (C=O) groups is 9. The molecule has 2 saturated heterocycles. The fourth-order valence-electron chi connectivity index (χ4n) is 7.87. The smallest absolute Gasteiger partial charge is 0.305 e. The van der Waals surface area contributed by atoms with Gasteiger partial charge in [0.05, 0.1) is 19.3 Å². The molecule has 4 aromatic rings. The fourth-order valence-corrected chi connectivity index (χ4v) is 8.65. The molecule has 2 aromatic carbocycles. The molecule has 6 rings (SSSR count). The van der Waals surface area contributed by atoms with Gasteiger partial charge in [0.1, 0.15) is 36.3 Å². The first-order valence-electron chi connectivity index (χ1n) is 21.5. The van der Waals surface area contributed by atoms with E-state index < -0.39 is 109 Å². The number of hydrogen-bond donors (Lipinski definition) is 9. The summed E-state index contributed by atoms with van der Waals surface area (Å²) in [6.07, 6.45) is -1.20. The van der Waals surface area contributed by atoms with Crippen molar-refractivity contribution < 1.29 is 53.4 Å². The van der Waals surface area contributed by atoms with Crippen molar-refractivity contribution in [2.24, 2.45) is 5.92 Å². The number of aliphatic carboxylic acids is 2. The van der Waals surface area contributed by atoms with E-state index in [2.05, 4.69) is 41.8 Å². The summed E-state index contributed by atoms with van der Waals surface area (Å²) in [5.41, 5.74) is 2.23. The van der Waals surface area contributed by atoms with E-state index in [1.807, 2.05) is 30.3 Å². The second-order valence-electron chi connectivity index (χ2n) is 16.6. The van der Waals surface area contributed by atoms with E-state index >= 15 is 0 Å². The van der Waals surface area contributed by atoms with Gasteiger partial charge in [-0.2, -0.15) is 0 Å². The Morgan fingerprint density at radius 1 is 0.621 bits per heavy atom. The van der Waals surface area contributed by atoms with Crippen LogP contribution in [0.25, 0.3) is 10.9 Å². The van der Waals surface area contributed by atoms with Gasteiger partial charge in [0.25, 0.3) is 0 Å². The van der Waals surface area contributed by atoms with Crippen LogP contribution in [0.5, 0.6) is 0 Å². The van der Waals surface area contributed by atoms with E-state index in [0.29, 0.717) is 28.9 Å². The summed E-state index contributed by atoms with van der Waals surface area (Å²) in [6.45, 7) is 4.90. The first-order chi connectivity index (χ1) is 31.6. The van der Waals surface area contributed by atoms with E-state index in [1.54, 1.807) is 55.8 Å². The van der Waals surface area contributed by atoms with Crippen LogP contribution >= 0.6 is 11.3 Å². The summed E-state index contributed by atoms with van der Waals surface area (Å²) in [7, 11) is 0. The highest BCUT2D eigenvalue weighted by molar-refractivity contribution is 7.10. The molecule has 2 aromatic heterocycles. The molecule has 0 saturated carbocycles. The third-order valence-corrected chi connectivity index (χ3v) is 12.2. The zero-order valence-electron chi connectivity index (χ0n) is 36.3. The van der Waals surface area contributed by atoms with Gasteiger partial charge < -0.3 is 56.9 Å². The van der Waals surface area contributed by atoms with Crippen LogP contribution in [0.4, 0.5) is 5.69 Å². The van der Waals surface area contributed by atoms with Gasteiger partial charge in [0.2, 0.25) is 41.4 Å². The lowest BCUT2D eigenvalue weighted by atomic mass is 10.00. The van der Waals surface area contributed by atoms with Crippen LogP contribution in [-0.4, -0.2) is 130 Å². The number of nitrogens with one attached hydrogen (secondary N) is 7. The highest BCUT2D eigenvalue weighted by atomic mass is 32.1. The maximum atomic E-state index is 14.4. The summed E-state index contributed by atoms with van der Waals surface area (Å²) in [6, 6.07) is 9.94. The number of amides is 7. The lowest BCUT2D eigenvalue weighted by Crippen LogP contribution is -2.61. The Labute approximate surface area is 383 Å². The molecule has 0 aliphatic carbocycles. The minimum atomic E-state index is -1.88. The van der Waals surface area contributed by atoms with Gasteiger partial charge in [-0.1, -0.05) is 56.3 Å². The number of anilines is 1. The summed E-state index contributed by atoms with van der Waals surface area (Å²) in [5.74, 6) is -10.0. The van der Waals surface area contributed by atoms with Crippen molar-refractivity contribution in [3.05, 3.63) is 88.7 Å². The van der Waals surface area contributed by atoms with Gasteiger partial charge in [-0.05, 0) is 47.5 Å². The fraction of sp³-hybridized carbons (Fsp3) is 0.400. The molecule has 350 valence electrons. The first-order valence-corrected chi connectivity index (χ1v) is 22.4. The highest BCUT2D eigenvalue weighted by Crippen LogP contribution is 2.23. The van der Waals surface area contributed by atoms with Crippen LogP contribution in [-0.2, 0) is 49.6 Å². The average Bonchev–Trinajstić information content (AvgIpc) is 3.97. The Bertz CT molecular complexity index is 2420. The molecule has 0 radical (unpaired) electrons. The number of aromatic nitrogens is 1. The number of H-pyrrole nitrogens is 1. The lowest BCUT2D eigenvalue weighted by Gasteiger charge is -2.36. The minimum Gasteiger partial charge on any atom is -0.481 e. The molecule has 2 aliphatic heterocycles. The molecule has 2 fully saturated rings. The number of hydrogen-bond acceptors (Lipinski definition) is 11. The SMILES string of the molecule is CC(C)C[C@@H]1NC(=O)C(c2cccs2)NC(=O)[C@H](CC(=O)O)NC(=O)[C@H](CC(=O)N2CCN(c3ccccc3)CC2)NC(=O)[C@@H](CC(=O)O)NC(=O)[C@@H](Cc2c[nH]c3ccccc23)NC1=O. The number of para-hydroxylation sites is 2. The van der Waals surface area contributed by atoms with Crippen molar-refractivity contribution in [3.63, 3.8) is 0 Å². The van der Waals surface area contributed by atoms with Gasteiger partial charge in [0.15, 0.2) is 0 Å². The monoisotopic (exact) mass is 927 g/mol. The molecule has 0 spiro atoms. The minimum absolute atomic E-state index is 0.0503. The Morgan fingerprint density at radius 2 is 1.15 bits per heavy atom. The summed E-state index contributed by atoms with van der Waals surface area (Å²) >= 11 is 1.08. The average molecular weight is 928 g/mol. The quantitative estimate of drug-likeness (QED) is 0.0955. The van der Waals surface area contributed by atoms with Gasteiger partial charge in [-0.15, -0.1) is 11.3 Å². The number of piperazine rings is 1. The molecule has 1 unspecified atom stereocenters. The molecule has 7 amide bonds. The number of nitrogens with zero attached hydrogens (tertiary/aromatic N) is 2. The van der Waals surface area contributed by atoms with E-state index in [-0.39, 0.29) is 31.8 Å². The van der Waals surface area contributed by atoms with Crippen molar-refractivity contribution in [1.82, 2.24) is 41.8 Å². The van der Waals surface area contributed by atoms with Crippen LogP contribution < -0.4 is 36.8 Å². The number of carbonyl (C=O) groups excluding carboxylic acids is 7. The van der Waals surface area contributed by atoms with Crippen LogP contribution in [0.15, 0.2) is 78.3 Å². The van der Waals surface area contributed by atoms with Crippen molar-refractivity contribution in [1.29, 1.82) is 0 Å². The third kappa shape index (κ3) is 12.7. The molecule has 6 atom stereocenters. The van der Waals surface area contributed by atoms with Crippen molar-refractivity contribution in [3.8, 4) is 0 Å². The maximum Gasteiger partial charge on any atom is 0.305 e. The number of carboxylic acids is 2. The highest BCUT2D eigenvalue weighted by Gasteiger charge is 2.38. The van der Waals surface area contributed by atoms with Crippen LogP contribution in [0, 0.1) is 5.92 Å². The summed E-state index contributed by atoms with van der Waals surface area (Å²) < 4.78 is 0. The van der Waals surface area contributed by atoms with E-state index in [1.165, 1.54) is 11.0 Å². The molecular weight excluding hydrogens is 875 g/mol. The Morgan fingerprint density at radius 3 is 1.74 bits per heavy atom. The van der Waals surface area contributed by atoms with E-state index in [9.17, 15) is 53.4 Å². The molecule has 21 heteroatoms. The third-order valence-electron chi connectivity index (χ3n) is 11.2. The first kappa shape index (κ1) is 48.2. The number of rotatable bonds is 12. The summed E-state index contributed by atoms with van der Waals surface area (Å²) in [4.78, 5) is 130. The predicted molar refractivity (Wildman–Crippen MR) is 241 cm³/mol. The van der Waals surface area contributed by atoms with Gasteiger partial charge in [-0.25, -0.2) is 0 Å². The summed E-state index contributed by atoms with van der Waals surface area (Å²) in [5, 5.41) is 37.1. The Hall–Kier alpha value is -7.29. The standard InChI is InChI=1S/C45H53N9O11S/c1-25(2)19-30-40(60)47-31(20-26-24-46-29-12-7-6-11-28(26)29)41(61)49-33(22-37(56)57)43(63)48-32(21-36(55)54-16-14-53(15-17-54)27-9-4-3-5-10-27)42(62)50-34(23-38(58)59)44(64)52-39(45(65)51-30)35-13-8-18-66-35/h3-13,18,24-25,30-34,39,46H,14-17,19-23H2,1-2H3,(H,47,60)(H,48,63)(H,49,61)(H,50,62)(H,51,65)(H,52,64)(H,56,57)(H,58,59)/t30-,31+,32-,33+,34-,39?/m0/s1. The number of fused-ring (bicyclic) bond motifs is 1. The van der Waals surface area contributed by atoms with Crippen molar-refractivity contribution in [2.75, 3.05) is 31.1 Å². The van der Waals surface area contributed by atoms with Crippen molar-refractivity contribution >= 4 is 81.2 Å². The zero-order chi connectivity index (χ0) is 47.5. The molecule has 4 heterocycles. The van der Waals surface area contributed by atoms with Crippen molar-refractivity contribution in [2.45, 2.75) is 82.2 Å². The second kappa shape index (κ2) is 22.1. The zero-order valence-corrected chi connectivity index (χ0v) is 37.1. The molecule has 20 nitrogen and oxygen atoms in total. The molecule has 0 bridgehead atoms. The van der Waals surface area contributed by atoms with E-state index in [4.69, 9.17) is 0 Å². The van der Waals surface area contributed by atoms with E-state index in [0.717, 1.165) is 22.5 Å². The van der Waals surface area contributed by atoms with Crippen LogP contribution in [0.2, 0.25) is 0 Å². The number of aromatic amines is 1. The van der Waals surface area contributed by atoms with Gasteiger partial charge >= 0.3 is 11.9 Å². The number of benzene rings is 2. The molecular formula is C45H53N9O11S. The van der Waals surface area contributed by atoms with Crippen LogP contribution in [0.3, 0.4) is 0 Å². The Kier molecular flexibility index (Phi) is 16.1.